The third-order valence-electron chi connectivity index (χ3n) is 6.07. The van der Waals surface area contributed by atoms with E-state index in [1.54, 1.807) is 24.3 Å². The van der Waals surface area contributed by atoms with E-state index >= 15 is 0 Å². The highest BCUT2D eigenvalue weighted by Crippen LogP contribution is 2.47. The Labute approximate surface area is 208 Å². The van der Waals surface area contributed by atoms with Gasteiger partial charge in [-0.15, -0.1) is 13.2 Å². The molecule has 0 bridgehead atoms. The average molecular weight is 527 g/mol. The lowest BCUT2D eigenvalue weighted by molar-refractivity contribution is -0.275. The Morgan fingerprint density at radius 2 is 2.00 bits per heavy atom. The second-order valence-electron chi connectivity index (χ2n) is 8.42. The topological polar surface area (TPSA) is 138 Å². The number of carbonyl (C=O) groups excluding carboxylic acids is 2. The van der Waals surface area contributed by atoms with Gasteiger partial charge in [0.2, 0.25) is 5.91 Å². The van der Waals surface area contributed by atoms with E-state index in [1.807, 2.05) is 0 Å². The van der Waals surface area contributed by atoms with Crippen LogP contribution in [0.2, 0.25) is 5.02 Å². The third kappa shape index (κ3) is 5.05. The van der Waals surface area contributed by atoms with Crippen molar-refractivity contribution in [2.75, 3.05) is 13.2 Å². The number of benzene rings is 2. The van der Waals surface area contributed by atoms with Gasteiger partial charge in [0, 0.05) is 41.7 Å². The van der Waals surface area contributed by atoms with Gasteiger partial charge >= 0.3 is 6.36 Å². The molecule has 192 valence electrons. The van der Waals surface area contributed by atoms with Crippen LogP contribution in [0.5, 0.6) is 11.5 Å². The van der Waals surface area contributed by atoms with Crippen LogP contribution in [-0.2, 0) is 21.7 Å². The van der Waals surface area contributed by atoms with Crippen LogP contribution in [0.3, 0.4) is 0 Å². The molecule has 2 aliphatic rings. The van der Waals surface area contributed by atoms with Crippen LogP contribution in [0.4, 0.5) is 13.2 Å². The van der Waals surface area contributed by atoms with Crippen LogP contribution in [0.25, 0.3) is 0 Å². The molecule has 0 saturated carbocycles. The van der Waals surface area contributed by atoms with Gasteiger partial charge in [-0.05, 0) is 18.1 Å². The van der Waals surface area contributed by atoms with E-state index in [1.165, 1.54) is 4.90 Å². The quantitative estimate of drug-likeness (QED) is 0.337. The summed E-state index contributed by atoms with van der Waals surface area (Å²) in [4.78, 5) is 27.3. The molecule has 0 spiro atoms. The molecule has 1 fully saturated rings. The van der Waals surface area contributed by atoms with E-state index < -0.39 is 41.3 Å². The minimum Gasteiger partial charge on any atom is -0.489 e. The van der Waals surface area contributed by atoms with Gasteiger partial charge in [-0.3, -0.25) is 15.0 Å². The summed E-state index contributed by atoms with van der Waals surface area (Å²) in [6.07, 6.45) is -4.95. The molecule has 2 heterocycles. The van der Waals surface area contributed by atoms with E-state index in [0.717, 1.165) is 17.7 Å². The van der Waals surface area contributed by atoms with Gasteiger partial charge in [-0.1, -0.05) is 35.9 Å². The van der Waals surface area contributed by atoms with Crippen molar-refractivity contribution in [1.29, 1.82) is 5.41 Å². The molecule has 4 rings (SSSR count). The predicted molar refractivity (Wildman–Crippen MR) is 122 cm³/mol. The summed E-state index contributed by atoms with van der Waals surface area (Å²) in [7, 11) is 0. The summed E-state index contributed by atoms with van der Waals surface area (Å²) in [6.45, 7) is 0.0749. The van der Waals surface area contributed by atoms with Crippen molar-refractivity contribution >= 4 is 29.3 Å². The fourth-order valence-electron chi connectivity index (χ4n) is 4.13. The molecule has 2 aliphatic heterocycles. The molecule has 2 aromatic rings. The molecule has 13 heteroatoms. The van der Waals surface area contributed by atoms with Crippen molar-refractivity contribution in [3.63, 3.8) is 0 Å². The number of nitrogens with one attached hydrogen (secondary N) is 2. The number of nitrogens with zero attached hydrogens (tertiary/aromatic N) is 1. The number of hydrogen-bond donors (Lipinski definition) is 4. The fraction of sp³-hybridized carbons (Fsp3) is 0.348. The number of amides is 2. The average Bonchev–Trinajstić information content (AvgIpc) is 2.77. The van der Waals surface area contributed by atoms with Crippen molar-refractivity contribution in [1.82, 2.24) is 10.2 Å². The monoisotopic (exact) mass is 526 g/mol. The zero-order valence-electron chi connectivity index (χ0n) is 18.7. The number of amidine groups is 1. The molecular weight excluding hydrogens is 505 g/mol. The Bertz CT molecular complexity index is 1210. The molecule has 5 N–H and O–H groups in total. The molecule has 9 nitrogen and oxygen atoms in total. The summed E-state index contributed by atoms with van der Waals surface area (Å²) in [5, 5.41) is 21.3. The Kier molecular flexibility index (Phi) is 6.76. The van der Waals surface area contributed by atoms with Gasteiger partial charge in [0.1, 0.15) is 11.9 Å². The molecule has 0 aliphatic carbocycles. The first-order valence-electron chi connectivity index (χ1n) is 10.9. The Balaban J connectivity index is 1.50. The van der Waals surface area contributed by atoms with Crippen molar-refractivity contribution in [3.05, 3.63) is 58.1 Å². The van der Waals surface area contributed by atoms with E-state index in [9.17, 15) is 27.9 Å². The van der Waals surface area contributed by atoms with Crippen LogP contribution < -0.4 is 20.5 Å². The summed E-state index contributed by atoms with van der Waals surface area (Å²) in [6, 6.07) is 7.85. The van der Waals surface area contributed by atoms with E-state index in [2.05, 4.69) is 10.1 Å². The highest BCUT2D eigenvalue weighted by molar-refractivity contribution is 6.31. The number of nitrogens with two attached hydrogens (primary N) is 1. The number of rotatable bonds is 6. The molecule has 2 unspecified atom stereocenters. The zero-order valence-corrected chi connectivity index (χ0v) is 19.4. The molecule has 0 aromatic heterocycles. The predicted octanol–water partition coefficient (Wildman–Crippen LogP) is 2.41. The molecule has 36 heavy (non-hydrogen) atoms. The van der Waals surface area contributed by atoms with E-state index in [-0.39, 0.29) is 42.5 Å². The van der Waals surface area contributed by atoms with Gasteiger partial charge < -0.3 is 30.5 Å². The molecule has 2 atom stereocenters. The highest BCUT2D eigenvalue weighted by Gasteiger charge is 2.51. The SMILES string of the molecule is N=C(N)c1ccc(CNC(=O)C2CCN2C(=O)C2(O)CCOc3c(OC(F)(F)F)cc(Cl)cc32)cc1. The van der Waals surface area contributed by atoms with Gasteiger partial charge in [-0.2, -0.15) is 0 Å². The first-order chi connectivity index (χ1) is 16.9. The van der Waals surface area contributed by atoms with E-state index in [4.69, 9.17) is 27.5 Å². The molecule has 2 amide bonds. The van der Waals surface area contributed by atoms with Gasteiger partial charge in [0.25, 0.3) is 5.91 Å². The van der Waals surface area contributed by atoms with Crippen LogP contribution >= 0.6 is 11.6 Å². The summed E-state index contributed by atoms with van der Waals surface area (Å²) >= 11 is 5.95. The van der Waals surface area contributed by atoms with Crippen LogP contribution in [0.1, 0.15) is 29.5 Å². The van der Waals surface area contributed by atoms with Crippen LogP contribution in [0.15, 0.2) is 36.4 Å². The number of alkyl halides is 3. The number of likely N-dealkylation sites (tertiary alicyclic amines) is 1. The van der Waals surface area contributed by atoms with Gasteiger partial charge in [0.15, 0.2) is 17.1 Å². The summed E-state index contributed by atoms with van der Waals surface area (Å²) in [5.41, 5.74) is 4.18. The number of carbonyl (C=O) groups is 2. The zero-order chi connectivity index (χ0) is 26.3. The van der Waals surface area contributed by atoms with Gasteiger partial charge in [-0.25, -0.2) is 0 Å². The van der Waals surface area contributed by atoms with E-state index in [0.29, 0.717) is 12.0 Å². The Hall–Kier alpha value is -3.51. The molecule has 1 saturated heterocycles. The minimum atomic E-state index is -5.05. The Morgan fingerprint density at radius 1 is 1.31 bits per heavy atom. The van der Waals surface area contributed by atoms with Crippen molar-refractivity contribution < 1.29 is 37.3 Å². The highest BCUT2D eigenvalue weighted by atomic mass is 35.5. The number of halogens is 4. The number of fused-ring (bicyclic) bond motifs is 1. The normalized spacial score (nSPS) is 21.0. The Morgan fingerprint density at radius 3 is 2.58 bits per heavy atom. The summed E-state index contributed by atoms with van der Waals surface area (Å²) in [5.74, 6) is -2.59. The second-order valence-corrected chi connectivity index (χ2v) is 8.86. The number of nitrogen functional groups attached to an aromatic ring is 1. The van der Waals surface area contributed by atoms with Crippen molar-refractivity contribution in [2.24, 2.45) is 5.73 Å². The van der Waals surface area contributed by atoms with Crippen molar-refractivity contribution in [3.8, 4) is 11.5 Å². The minimum absolute atomic E-state index is 0.0831. The lowest BCUT2D eigenvalue weighted by Gasteiger charge is -2.45. The van der Waals surface area contributed by atoms with Crippen LogP contribution in [0, 0.1) is 5.41 Å². The van der Waals surface area contributed by atoms with Crippen LogP contribution in [-0.4, -0.2) is 53.2 Å². The number of ether oxygens (including phenoxy) is 2. The second kappa shape index (κ2) is 9.51. The third-order valence-corrected chi connectivity index (χ3v) is 6.29. The smallest absolute Gasteiger partial charge is 0.489 e. The molecule has 0 radical (unpaired) electrons. The summed E-state index contributed by atoms with van der Waals surface area (Å²) < 4.78 is 47.9. The van der Waals surface area contributed by atoms with Gasteiger partial charge in [0.05, 0.1) is 6.61 Å². The lowest BCUT2D eigenvalue weighted by atomic mass is 9.84. The maximum Gasteiger partial charge on any atom is 0.573 e. The van der Waals surface area contributed by atoms with Crippen molar-refractivity contribution in [2.45, 2.75) is 37.4 Å². The first kappa shape index (κ1) is 25.6. The number of aliphatic hydroxyl groups is 1. The molecular formula is C23H22ClF3N4O5. The first-order valence-corrected chi connectivity index (χ1v) is 11.2. The fourth-order valence-corrected chi connectivity index (χ4v) is 4.34. The maximum atomic E-state index is 13.4. The number of hydrogen-bond acceptors (Lipinski definition) is 6. The largest absolute Gasteiger partial charge is 0.573 e. The lowest BCUT2D eigenvalue weighted by Crippen LogP contribution is -2.63. The maximum absolute atomic E-state index is 13.4. The molecule has 2 aromatic carbocycles. The standard InChI is InChI=1S/C23H22ClF3N4O5/c24-14-9-15-18(17(10-14)36-23(25,26)27)35-8-6-22(15,34)21(33)31-7-5-16(31)20(32)30-11-12-1-3-13(4-2-12)19(28)29/h1-4,9-10,16,34H,5-8,11H2,(H3,28,29)(H,30,32).